The van der Waals surface area contributed by atoms with Gasteiger partial charge in [0.25, 0.3) is 0 Å². The molecular formula is C17H12N4. The van der Waals surface area contributed by atoms with E-state index in [9.17, 15) is 0 Å². The molecule has 0 radical (unpaired) electrons. The minimum atomic E-state index is 0.952. The van der Waals surface area contributed by atoms with Gasteiger partial charge in [-0.1, -0.05) is 12.1 Å². The number of benzene rings is 1. The first-order valence-electron chi connectivity index (χ1n) is 6.71. The van der Waals surface area contributed by atoms with Crippen LogP contribution in [0.1, 0.15) is 0 Å². The predicted molar refractivity (Wildman–Crippen MR) is 82.1 cm³/mol. The van der Waals surface area contributed by atoms with Crippen LogP contribution in [-0.4, -0.2) is 19.7 Å². The largest absolute Gasteiger partial charge is 0.262 e. The second-order valence-electron chi connectivity index (χ2n) is 4.77. The molecule has 4 nitrogen and oxygen atoms in total. The molecule has 4 aromatic rings. The highest BCUT2D eigenvalue weighted by molar-refractivity contribution is 5.83. The van der Waals surface area contributed by atoms with Crippen LogP contribution in [0.5, 0.6) is 0 Å². The molecule has 100 valence electrons. The zero-order chi connectivity index (χ0) is 14.1. The second kappa shape index (κ2) is 4.83. The Morgan fingerprint density at radius 3 is 2.71 bits per heavy atom. The van der Waals surface area contributed by atoms with Gasteiger partial charge in [0.1, 0.15) is 0 Å². The lowest BCUT2D eigenvalue weighted by Gasteiger charge is -1.99. The number of rotatable bonds is 2. The quantitative estimate of drug-likeness (QED) is 0.561. The number of aromatic nitrogens is 4. The minimum absolute atomic E-state index is 0.952. The van der Waals surface area contributed by atoms with Crippen molar-refractivity contribution >= 4 is 10.9 Å². The summed E-state index contributed by atoms with van der Waals surface area (Å²) in [5, 5.41) is 5.66. The van der Waals surface area contributed by atoms with Gasteiger partial charge < -0.3 is 0 Å². The Bertz CT molecular complexity index is 845. The average molecular weight is 272 g/mol. The maximum Gasteiger partial charge on any atom is 0.0928 e. The van der Waals surface area contributed by atoms with Gasteiger partial charge in [0.2, 0.25) is 0 Å². The van der Waals surface area contributed by atoms with Crippen LogP contribution in [0.4, 0.5) is 0 Å². The minimum Gasteiger partial charge on any atom is -0.262 e. The third kappa shape index (κ3) is 2.17. The van der Waals surface area contributed by atoms with E-state index in [0.717, 1.165) is 27.8 Å². The SMILES string of the molecule is c1ccc(-c2ccc3nn(-c4cccnc4)cc3c2)nc1. The second-order valence-corrected chi connectivity index (χ2v) is 4.77. The van der Waals surface area contributed by atoms with Crippen molar-refractivity contribution in [1.82, 2.24) is 19.7 Å². The number of hydrogen-bond acceptors (Lipinski definition) is 3. The fourth-order valence-electron chi connectivity index (χ4n) is 2.34. The summed E-state index contributed by atoms with van der Waals surface area (Å²) in [6, 6.07) is 16.0. The lowest BCUT2D eigenvalue weighted by molar-refractivity contribution is 0.889. The van der Waals surface area contributed by atoms with Crippen LogP contribution < -0.4 is 0 Å². The zero-order valence-electron chi connectivity index (χ0n) is 11.2. The first-order valence-corrected chi connectivity index (χ1v) is 6.71. The average Bonchev–Trinajstić information content (AvgIpc) is 2.99. The van der Waals surface area contributed by atoms with Crippen LogP contribution >= 0.6 is 0 Å². The molecule has 0 amide bonds. The van der Waals surface area contributed by atoms with Crippen molar-refractivity contribution in [3.8, 4) is 16.9 Å². The van der Waals surface area contributed by atoms with Gasteiger partial charge in [-0.25, -0.2) is 4.68 Å². The Balaban J connectivity index is 1.82. The van der Waals surface area contributed by atoms with Crippen molar-refractivity contribution < 1.29 is 0 Å². The Morgan fingerprint density at radius 2 is 1.90 bits per heavy atom. The summed E-state index contributed by atoms with van der Waals surface area (Å²) in [6.45, 7) is 0. The topological polar surface area (TPSA) is 43.6 Å². The molecule has 0 spiro atoms. The summed E-state index contributed by atoms with van der Waals surface area (Å²) in [4.78, 5) is 8.51. The predicted octanol–water partition coefficient (Wildman–Crippen LogP) is 3.48. The Morgan fingerprint density at radius 1 is 0.905 bits per heavy atom. The molecule has 3 aromatic heterocycles. The summed E-state index contributed by atoms with van der Waals surface area (Å²) in [5.41, 5.74) is 3.97. The molecule has 1 aromatic carbocycles. The van der Waals surface area contributed by atoms with E-state index >= 15 is 0 Å². The van der Waals surface area contributed by atoms with Crippen molar-refractivity contribution in [2.75, 3.05) is 0 Å². The van der Waals surface area contributed by atoms with Crippen LogP contribution in [0.15, 0.2) is 73.3 Å². The van der Waals surface area contributed by atoms with Crippen LogP contribution in [0.25, 0.3) is 27.8 Å². The molecule has 0 aliphatic carbocycles. The summed E-state index contributed by atoms with van der Waals surface area (Å²) in [7, 11) is 0. The Labute approximate surface area is 121 Å². The van der Waals surface area contributed by atoms with Crippen molar-refractivity contribution in [3.63, 3.8) is 0 Å². The van der Waals surface area contributed by atoms with Gasteiger partial charge in [0, 0.05) is 29.5 Å². The first-order chi connectivity index (χ1) is 10.4. The number of pyridine rings is 2. The van der Waals surface area contributed by atoms with Crippen LogP contribution in [0, 0.1) is 0 Å². The van der Waals surface area contributed by atoms with Crippen molar-refractivity contribution in [2.24, 2.45) is 0 Å². The van der Waals surface area contributed by atoms with E-state index in [1.54, 1.807) is 18.6 Å². The van der Waals surface area contributed by atoms with Crippen LogP contribution in [-0.2, 0) is 0 Å². The van der Waals surface area contributed by atoms with Gasteiger partial charge in [-0.15, -0.1) is 0 Å². The molecule has 0 atom stereocenters. The summed E-state index contributed by atoms with van der Waals surface area (Å²) < 4.78 is 1.85. The molecule has 0 aliphatic heterocycles. The maximum absolute atomic E-state index is 4.57. The normalized spacial score (nSPS) is 10.9. The van der Waals surface area contributed by atoms with Gasteiger partial charge in [-0.3, -0.25) is 9.97 Å². The Kier molecular flexibility index (Phi) is 2.71. The van der Waals surface area contributed by atoms with E-state index in [1.165, 1.54) is 0 Å². The molecular weight excluding hydrogens is 260 g/mol. The first kappa shape index (κ1) is 11.8. The molecule has 0 saturated heterocycles. The molecule has 0 unspecified atom stereocenters. The van der Waals surface area contributed by atoms with Gasteiger partial charge in [0.05, 0.1) is 23.1 Å². The molecule has 21 heavy (non-hydrogen) atoms. The van der Waals surface area contributed by atoms with E-state index < -0.39 is 0 Å². The summed E-state index contributed by atoms with van der Waals surface area (Å²) in [5.74, 6) is 0. The molecule has 0 bridgehead atoms. The van der Waals surface area contributed by atoms with E-state index in [0.29, 0.717) is 0 Å². The molecule has 0 N–H and O–H groups in total. The van der Waals surface area contributed by atoms with E-state index in [1.807, 2.05) is 53.3 Å². The third-order valence-corrected chi connectivity index (χ3v) is 3.38. The highest BCUT2D eigenvalue weighted by atomic mass is 15.3. The summed E-state index contributed by atoms with van der Waals surface area (Å²) >= 11 is 0. The van der Waals surface area contributed by atoms with Crippen molar-refractivity contribution in [2.45, 2.75) is 0 Å². The Hall–Kier alpha value is -3.01. The lowest BCUT2D eigenvalue weighted by Crippen LogP contribution is -1.93. The molecule has 4 heteroatoms. The molecule has 0 fully saturated rings. The van der Waals surface area contributed by atoms with E-state index in [2.05, 4.69) is 21.1 Å². The number of fused-ring (bicyclic) bond motifs is 1. The highest BCUT2D eigenvalue weighted by Crippen LogP contribution is 2.23. The van der Waals surface area contributed by atoms with Gasteiger partial charge in [-0.05, 0) is 36.4 Å². The zero-order valence-corrected chi connectivity index (χ0v) is 11.2. The molecule has 0 aliphatic rings. The third-order valence-electron chi connectivity index (χ3n) is 3.38. The van der Waals surface area contributed by atoms with Crippen molar-refractivity contribution in [1.29, 1.82) is 0 Å². The van der Waals surface area contributed by atoms with Gasteiger partial charge in [0.15, 0.2) is 0 Å². The smallest absolute Gasteiger partial charge is 0.0928 e. The highest BCUT2D eigenvalue weighted by Gasteiger charge is 2.05. The molecule has 3 heterocycles. The fourth-order valence-corrected chi connectivity index (χ4v) is 2.34. The van der Waals surface area contributed by atoms with Crippen LogP contribution in [0.2, 0.25) is 0 Å². The van der Waals surface area contributed by atoms with Crippen molar-refractivity contribution in [3.05, 3.63) is 73.3 Å². The molecule has 4 rings (SSSR count). The summed E-state index contributed by atoms with van der Waals surface area (Å²) in [6.07, 6.45) is 7.37. The van der Waals surface area contributed by atoms with Crippen LogP contribution in [0.3, 0.4) is 0 Å². The number of hydrogen-bond donors (Lipinski definition) is 0. The fraction of sp³-hybridized carbons (Fsp3) is 0. The maximum atomic E-state index is 4.57. The van der Waals surface area contributed by atoms with Gasteiger partial charge >= 0.3 is 0 Å². The lowest BCUT2D eigenvalue weighted by atomic mass is 10.1. The van der Waals surface area contributed by atoms with Gasteiger partial charge in [-0.2, -0.15) is 5.10 Å². The number of nitrogens with zero attached hydrogens (tertiary/aromatic N) is 4. The van der Waals surface area contributed by atoms with E-state index in [-0.39, 0.29) is 0 Å². The van der Waals surface area contributed by atoms with E-state index in [4.69, 9.17) is 0 Å². The monoisotopic (exact) mass is 272 g/mol. The standard InChI is InChI=1S/C17H12N4/c1-2-9-19-16(5-1)13-6-7-17-14(10-13)12-21(20-17)15-4-3-8-18-11-15/h1-12H. The molecule has 0 saturated carbocycles.